The van der Waals surface area contributed by atoms with Crippen molar-refractivity contribution in [1.29, 1.82) is 0 Å². The zero-order valence-electron chi connectivity index (χ0n) is 8.90. The third-order valence-electron chi connectivity index (χ3n) is 2.04. The van der Waals surface area contributed by atoms with Gasteiger partial charge < -0.3 is 9.31 Å². The maximum atomic E-state index is 5.50. The molecule has 2 rings (SSSR count). The van der Waals surface area contributed by atoms with Crippen LogP contribution in [0.5, 0.6) is 11.5 Å². The second kappa shape index (κ2) is 6.48. The largest absolute Gasteiger partial charge is 0.576 e. The molecule has 0 spiro atoms. The van der Waals surface area contributed by atoms with E-state index in [2.05, 4.69) is 45.2 Å². The lowest BCUT2D eigenvalue weighted by Crippen LogP contribution is -2.10. The highest BCUT2D eigenvalue weighted by Gasteiger charge is 2.00. The molecule has 86 valence electrons. The predicted molar refractivity (Wildman–Crippen MR) is 86.7 cm³/mol. The van der Waals surface area contributed by atoms with Crippen molar-refractivity contribution in [3.05, 3.63) is 55.7 Å². The molecule has 0 atom stereocenters. The highest BCUT2D eigenvalue weighted by molar-refractivity contribution is 14.1. The van der Waals surface area contributed by atoms with E-state index in [0.29, 0.717) is 0 Å². The first-order valence-corrected chi connectivity index (χ1v) is 7.16. The van der Waals surface area contributed by atoms with Crippen LogP contribution in [0.1, 0.15) is 0 Å². The fourth-order valence-corrected chi connectivity index (χ4v) is 2.31. The molecule has 0 aliphatic carbocycles. The van der Waals surface area contributed by atoms with Crippen molar-refractivity contribution >= 4 is 52.9 Å². The molecule has 0 N–H and O–H groups in total. The Morgan fingerprint density at radius 1 is 0.765 bits per heavy atom. The Kier molecular flexibility index (Phi) is 4.96. The normalized spacial score (nSPS) is 9.76. The molecular weight excluding hydrogens is 441 g/mol. The maximum Gasteiger partial charge on any atom is 0.576 e. The molecule has 0 saturated heterocycles. The van der Waals surface area contributed by atoms with E-state index in [0.717, 1.165) is 18.6 Å². The van der Waals surface area contributed by atoms with Gasteiger partial charge in [0.15, 0.2) is 0 Å². The van der Waals surface area contributed by atoms with E-state index in [1.807, 2.05) is 48.5 Å². The van der Waals surface area contributed by atoms with Crippen molar-refractivity contribution in [2.24, 2.45) is 0 Å². The van der Waals surface area contributed by atoms with E-state index in [9.17, 15) is 0 Å². The summed E-state index contributed by atoms with van der Waals surface area (Å²) >= 11 is 4.50. The van der Waals surface area contributed by atoms with E-state index in [1.54, 1.807) is 0 Å². The quantitative estimate of drug-likeness (QED) is 0.524. The Morgan fingerprint density at radius 3 is 1.65 bits per heavy atom. The first-order chi connectivity index (χ1) is 8.24. The minimum Gasteiger partial charge on any atom is -0.528 e. The Balaban J connectivity index is 1.87. The van der Waals surface area contributed by atoms with Crippen LogP contribution in [0.3, 0.4) is 0 Å². The van der Waals surface area contributed by atoms with Crippen LogP contribution in [-0.4, -0.2) is 7.69 Å². The van der Waals surface area contributed by atoms with Gasteiger partial charge >= 0.3 is 7.69 Å². The number of hydrogen-bond donors (Lipinski definition) is 0. The van der Waals surface area contributed by atoms with E-state index in [1.165, 1.54) is 0 Å². The molecule has 0 saturated carbocycles. The number of rotatable bonds is 4. The lowest BCUT2D eigenvalue weighted by Gasteiger charge is -2.07. The Hall–Kier alpha value is -0.435. The third-order valence-corrected chi connectivity index (χ3v) is 3.39. The van der Waals surface area contributed by atoms with Gasteiger partial charge in [0.1, 0.15) is 11.5 Å². The Bertz CT molecular complexity index is 460. The van der Waals surface area contributed by atoms with Gasteiger partial charge in [0, 0.05) is 7.14 Å². The fraction of sp³-hybridized carbons (Fsp3) is 0. The topological polar surface area (TPSA) is 18.5 Å². The minimum atomic E-state index is 0.222. The Labute approximate surface area is 128 Å². The van der Waals surface area contributed by atoms with Gasteiger partial charge in [0.25, 0.3) is 0 Å². The highest BCUT2D eigenvalue weighted by Crippen LogP contribution is 2.16. The van der Waals surface area contributed by atoms with Crippen LogP contribution in [0.15, 0.2) is 48.5 Å². The van der Waals surface area contributed by atoms with Crippen molar-refractivity contribution in [1.82, 2.24) is 0 Å². The van der Waals surface area contributed by atoms with Crippen molar-refractivity contribution in [2.75, 3.05) is 0 Å². The molecule has 2 nitrogen and oxygen atoms in total. The fourth-order valence-electron chi connectivity index (χ4n) is 1.28. The summed E-state index contributed by atoms with van der Waals surface area (Å²) in [5.41, 5.74) is 0. The molecule has 0 aliphatic rings. The van der Waals surface area contributed by atoms with E-state index in [-0.39, 0.29) is 7.69 Å². The second-order valence-electron chi connectivity index (χ2n) is 3.32. The Morgan fingerprint density at radius 2 is 1.24 bits per heavy atom. The smallest absolute Gasteiger partial charge is 0.528 e. The van der Waals surface area contributed by atoms with Crippen LogP contribution in [0.2, 0.25) is 0 Å². The molecular formula is C12H9BI2O2. The third kappa shape index (κ3) is 4.38. The van der Waals surface area contributed by atoms with Crippen molar-refractivity contribution in [3.8, 4) is 11.5 Å². The average Bonchev–Trinajstić information content (AvgIpc) is 2.29. The highest BCUT2D eigenvalue weighted by atomic mass is 127. The van der Waals surface area contributed by atoms with Crippen molar-refractivity contribution in [2.45, 2.75) is 0 Å². The minimum absolute atomic E-state index is 0.222. The number of benzene rings is 2. The molecule has 17 heavy (non-hydrogen) atoms. The summed E-state index contributed by atoms with van der Waals surface area (Å²) < 4.78 is 13.3. The zero-order valence-corrected chi connectivity index (χ0v) is 13.2. The van der Waals surface area contributed by atoms with Gasteiger partial charge in [0.2, 0.25) is 0 Å². The molecule has 5 heteroatoms. The summed E-state index contributed by atoms with van der Waals surface area (Å²) in [6.07, 6.45) is 0. The van der Waals surface area contributed by atoms with Gasteiger partial charge in [0.05, 0.1) is 0 Å². The molecule has 0 amide bonds. The summed E-state index contributed by atoms with van der Waals surface area (Å²) in [4.78, 5) is 0. The van der Waals surface area contributed by atoms with Crippen LogP contribution in [0.4, 0.5) is 0 Å². The van der Waals surface area contributed by atoms with Crippen LogP contribution < -0.4 is 9.31 Å². The van der Waals surface area contributed by atoms with Crippen LogP contribution >= 0.6 is 45.2 Å². The average molecular weight is 450 g/mol. The molecule has 0 bridgehead atoms. The first kappa shape index (κ1) is 13.0. The van der Waals surface area contributed by atoms with Gasteiger partial charge in [-0.3, -0.25) is 0 Å². The van der Waals surface area contributed by atoms with Gasteiger partial charge in [-0.25, -0.2) is 0 Å². The van der Waals surface area contributed by atoms with E-state index < -0.39 is 0 Å². The summed E-state index contributed by atoms with van der Waals surface area (Å²) in [5, 5.41) is 0. The van der Waals surface area contributed by atoms with Gasteiger partial charge in [-0.2, -0.15) is 0 Å². The summed E-state index contributed by atoms with van der Waals surface area (Å²) in [5.74, 6) is 1.64. The van der Waals surface area contributed by atoms with Crippen LogP contribution in [0, 0.1) is 7.14 Å². The zero-order chi connectivity index (χ0) is 12.1. The monoisotopic (exact) mass is 450 g/mol. The molecule has 0 radical (unpaired) electrons. The van der Waals surface area contributed by atoms with Crippen LogP contribution in [0.25, 0.3) is 0 Å². The second-order valence-corrected chi connectivity index (χ2v) is 5.81. The summed E-state index contributed by atoms with van der Waals surface area (Å²) in [6, 6.07) is 15.7. The number of halogens is 2. The van der Waals surface area contributed by atoms with Crippen molar-refractivity contribution in [3.63, 3.8) is 0 Å². The molecule has 0 aliphatic heterocycles. The lowest BCUT2D eigenvalue weighted by atomic mass is 10.3. The van der Waals surface area contributed by atoms with Gasteiger partial charge in [-0.05, 0) is 81.6 Å². The molecule has 0 heterocycles. The maximum absolute atomic E-state index is 5.50. The van der Waals surface area contributed by atoms with Gasteiger partial charge in [-0.1, -0.05) is 12.1 Å². The lowest BCUT2D eigenvalue weighted by molar-refractivity contribution is 0.458. The first-order valence-electron chi connectivity index (χ1n) is 5.01. The van der Waals surface area contributed by atoms with E-state index in [4.69, 9.17) is 9.31 Å². The number of hydrogen-bond acceptors (Lipinski definition) is 2. The molecule has 0 aromatic heterocycles. The molecule has 0 unspecified atom stereocenters. The SMILES string of the molecule is Ic1cccc(OBOc2cccc(I)c2)c1. The van der Waals surface area contributed by atoms with E-state index >= 15 is 0 Å². The standard InChI is InChI=1S/C12H9BI2O2/c14-9-3-1-5-11(7-9)16-13-17-12-6-2-4-10(15)8-12/h1-8,13H. The molecule has 2 aromatic carbocycles. The summed E-state index contributed by atoms with van der Waals surface area (Å²) in [6.45, 7) is 0. The van der Waals surface area contributed by atoms with Gasteiger partial charge in [-0.15, -0.1) is 0 Å². The predicted octanol–water partition coefficient (Wildman–Crippen LogP) is 3.62. The molecule has 2 aromatic rings. The molecule has 0 fully saturated rings. The summed E-state index contributed by atoms with van der Waals surface area (Å²) in [7, 11) is 0.222. The van der Waals surface area contributed by atoms with Crippen molar-refractivity contribution < 1.29 is 9.31 Å². The van der Waals surface area contributed by atoms with Crippen LogP contribution in [-0.2, 0) is 0 Å².